The first kappa shape index (κ1) is 18.9. The largest absolute Gasteiger partial charge is 0.330 e. The fourth-order valence-corrected chi connectivity index (χ4v) is 2.84. The molecule has 1 aromatic rings. The molecule has 1 fully saturated rings. The van der Waals surface area contributed by atoms with Gasteiger partial charge in [-0.3, -0.25) is 4.79 Å². The van der Waals surface area contributed by atoms with E-state index in [-0.39, 0.29) is 35.7 Å². The Kier molecular flexibility index (Phi) is 6.80. The predicted octanol–water partition coefficient (Wildman–Crippen LogP) is 1.33. The zero-order valence-corrected chi connectivity index (χ0v) is 14.0. The number of anilines is 1. The van der Waals surface area contributed by atoms with Gasteiger partial charge in [-0.1, -0.05) is 6.92 Å². The van der Waals surface area contributed by atoms with Crippen LogP contribution in [0.3, 0.4) is 0 Å². The third-order valence-corrected chi connectivity index (χ3v) is 4.93. The van der Waals surface area contributed by atoms with Crippen LogP contribution in [0.1, 0.15) is 19.8 Å². The maximum absolute atomic E-state index is 12.0. The zero-order chi connectivity index (χ0) is 15.5. The molecule has 1 unspecified atom stereocenters. The Morgan fingerprint density at radius 3 is 2.41 bits per heavy atom. The highest BCUT2D eigenvalue weighted by Gasteiger charge is 2.24. The lowest BCUT2D eigenvalue weighted by Crippen LogP contribution is -2.27. The monoisotopic (exact) mass is 347 g/mol. The van der Waals surface area contributed by atoms with E-state index in [1.165, 1.54) is 12.1 Å². The van der Waals surface area contributed by atoms with E-state index >= 15 is 0 Å². The van der Waals surface area contributed by atoms with E-state index in [9.17, 15) is 13.2 Å². The second kappa shape index (κ2) is 7.92. The van der Waals surface area contributed by atoms with Gasteiger partial charge in [0.25, 0.3) is 0 Å². The van der Waals surface area contributed by atoms with Crippen LogP contribution in [0.2, 0.25) is 0 Å². The molecule has 1 aliphatic carbocycles. The Morgan fingerprint density at radius 1 is 1.32 bits per heavy atom. The van der Waals surface area contributed by atoms with Gasteiger partial charge in [-0.2, -0.15) is 0 Å². The molecule has 0 saturated heterocycles. The lowest BCUT2D eigenvalue weighted by molar-refractivity contribution is -0.119. The van der Waals surface area contributed by atoms with Gasteiger partial charge in [-0.05, 0) is 43.0 Å². The van der Waals surface area contributed by atoms with Gasteiger partial charge >= 0.3 is 0 Å². The second-order valence-corrected chi connectivity index (χ2v) is 7.21. The normalized spacial score (nSPS) is 15.7. The third kappa shape index (κ3) is 5.24. The molecule has 1 aromatic carbocycles. The number of amides is 1. The predicted molar refractivity (Wildman–Crippen MR) is 88.5 cm³/mol. The summed E-state index contributed by atoms with van der Waals surface area (Å²) in [6.45, 7) is 2.49. The molecular weight excluding hydrogens is 326 g/mol. The molecule has 0 aliphatic heterocycles. The molecule has 0 aromatic heterocycles. The molecule has 1 amide bonds. The Labute approximate surface area is 137 Å². The van der Waals surface area contributed by atoms with E-state index in [0.717, 1.165) is 12.8 Å². The molecular formula is C14H22ClN3O3S. The molecule has 0 radical (unpaired) electrons. The van der Waals surface area contributed by atoms with E-state index in [4.69, 9.17) is 5.73 Å². The number of nitrogens with two attached hydrogens (primary N) is 1. The quantitative estimate of drug-likeness (QED) is 0.692. The summed E-state index contributed by atoms with van der Waals surface area (Å²) >= 11 is 0. The van der Waals surface area contributed by atoms with E-state index in [1.54, 1.807) is 19.1 Å². The SMILES string of the molecule is CC(CN)C(=O)Nc1ccc(S(=O)(=O)NCC2CC2)cc1.Cl. The first-order valence-electron chi connectivity index (χ1n) is 7.03. The molecule has 1 saturated carbocycles. The topological polar surface area (TPSA) is 101 Å². The van der Waals surface area contributed by atoms with E-state index in [1.807, 2.05) is 0 Å². The third-order valence-electron chi connectivity index (χ3n) is 3.49. The maximum Gasteiger partial charge on any atom is 0.240 e. The summed E-state index contributed by atoms with van der Waals surface area (Å²) in [5.41, 5.74) is 5.98. The second-order valence-electron chi connectivity index (χ2n) is 5.45. The molecule has 6 nitrogen and oxygen atoms in total. The van der Waals surface area contributed by atoms with Gasteiger partial charge in [0.05, 0.1) is 4.90 Å². The average molecular weight is 348 g/mol. The smallest absolute Gasteiger partial charge is 0.240 e. The van der Waals surface area contributed by atoms with Gasteiger partial charge < -0.3 is 11.1 Å². The molecule has 22 heavy (non-hydrogen) atoms. The minimum Gasteiger partial charge on any atom is -0.330 e. The van der Waals surface area contributed by atoms with Crippen molar-refractivity contribution in [2.75, 3.05) is 18.4 Å². The van der Waals surface area contributed by atoms with Gasteiger partial charge in [0, 0.05) is 24.7 Å². The number of benzene rings is 1. The summed E-state index contributed by atoms with van der Waals surface area (Å²) in [6.07, 6.45) is 2.18. The minimum atomic E-state index is -3.46. The molecule has 0 spiro atoms. The van der Waals surface area contributed by atoms with Crippen molar-refractivity contribution in [1.29, 1.82) is 0 Å². The minimum absolute atomic E-state index is 0. The van der Waals surface area contributed by atoms with Crippen molar-refractivity contribution in [2.24, 2.45) is 17.6 Å². The molecule has 0 bridgehead atoms. The van der Waals surface area contributed by atoms with E-state index in [0.29, 0.717) is 18.2 Å². The fraction of sp³-hybridized carbons (Fsp3) is 0.500. The van der Waals surface area contributed by atoms with Crippen molar-refractivity contribution >= 4 is 34.0 Å². The van der Waals surface area contributed by atoms with Crippen LogP contribution >= 0.6 is 12.4 Å². The van der Waals surface area contributed by atoms with E-state index in [2.05, 4.69) is 10.0 Å². The van der Waals surface area contributed by atoms with Gasteiger partial charge in [-0.25, -0.2) is 13.1 Å². The van der Waals surface area contributed by atoms with Crippen molar-refractivity contribution in [3.8, 4) is 0 Å². The maximum atomic E-state index is 12.0. The highest BCUT2D eigenvalue weighted by molar-refractivity contribution is 7.89. The van der Waals surface area contributed by atoms with Crippen LogP contribution in [0.15, 0.2) is 29.2 Å². The van der Waals surface area contributed by atoms with Crippen molar-refractivity contribution in [3.05, 3.63) is 24.3 Å². The number of rotatable bonds is 7. The van der Waals surface area contributed by atoms with Crippen LogP contribution in [0.25, 0.3) is 0 Å². The van der Waals surface area contributed by atoms with Gasteiger partial charge in [-0.15, -0.1) is 12.4 Å². The van der Waals surface area contributed by atoms with Crippen molar-refractivity contribution in [2.45, 2.75) is 24.7 Å². The van der Waals surface area contributed by atoms with Crippen molar-refractivity contribution < 1.29 is 13.2 Å². The first-order chi connectivity index (χ1) is 9.92. The number of halogens is 1. The average Bonchev–Trinajstić information content (AvgIpc) is 3.29. The molecule has 1 aliphatic rings. The molecule has 1 atom stereocenters. The Hall–Kier alpha value is -1.15. The number of nitrogens with one attached hydrogen (secondary N) is 2. The van der Waals surface area contributed by atoms with Crippen molar-refractivity contribution in [1.82, 2.24) is 4.72 Å². The molecule has 8 heteroatoms. The Morgan fingerprint density at radius 2 is 1.91 bits per heavy atom. The molecule has 124 valence electrons. The first-order valence-corrected chi connectivity index (χ1v) is 8.51. The van der Waals surface area contributed by atoms with Crippen LogP contribution in [0.5, 0.6) is 0 Å². The van der Waals surface area contributed by atoms with Crippen LogP contribution in [0, 0.1) is 11.8 Å². The fourth-order valence-electron chi connectivity index (χ4n) is 1.72. The number of carbonyl (C=O) groups excluding carboxylic acids is 1. The van der Waals surface area contributed by atoms with Crippen LogP contribution < -0.4 is 15.8 Å². The summed E-state index contributed by atoms with van der Waals surface area (Å²) in [5, 5.41) is 2.70. The summed E-state index contributed by atoms with van der Waals surface area (Å²) < 4.78 is 26.7. The van der Waals surface area contributed by atoms with Crippen LogP contribution in [-0.2, 0) is 14.8 Å². The number of hydrogen-bond acceptors (Lipinski definition) is 4. The number of hydrogen-bond donors (Lipinski definition) is 3. The summed E-state index contributed by atoms with van der Waals surface area (Å²) in [7, 11) is -3.46. The highest BCUT2D eigenvalue weighted by atomic mass is 35.5. The summed E-state index contributed by atoms with van der Waals surface area (Å²) in [6, 6.07) is 6.12. The summed E-state index contributed by atoms with van der Waals surface area (Å²) in [4.78, 5) is 11.9. The van der Waals surface area contributed by atoms with E-state index < -0.39 is 10.0 Å². The van der Waals surface area contributed by atoms with Crippen LogP contribution in [0.4, 0.5) is 5.69 Å². The number of carbonyl (C=O) groups is 1. The molecule has 0 heterocycles. The lowest BCUT2D eigenvalue weighted by Gasteiger charge is -2.11. The summed E-state index contributed by atoms with van der Waals surface area (Å²) in [5.74, 6) is 0.0182. The van der Waals surface area contributed by atoms with Crippen LogP contribution in [-0.4, -0.2) is 27.4 Å². The Balaban J connectivity index is 0.00000242. The van der Waals surface area contributed by atoms with Crippen molar-refractivity contribution in [3.63, 3.8) is 0 Å². The molecule has 4 N–H and O–H groups in total. The van der Waals surface area contributed by atoms with Gasteiger partial charge in [0.2, 0.25) is 15.9 Å². The highest BCUT2D eigenvalue weighted by Crippen LogP contribution is 2.28. The van der Waals surface area contributed by atoms with Gasteiger partial charge in [0.1, 0.15) is 0 Å². The van der Waals surface area contributed by atoms with Gasteiger partial charge in [0.15, 0.2) is 0 Å². The Bertz CT molecular complexity index is 600. The standard InChI is InChI=1S/C14H21N3O3S.ClH/c1-10(8-15)14(18)17-12-4-6-13(7-5-12)21(19,20)16-9-11-2-3-11;/h4-7,10-11,16H,2-3,8-9,15H2,1H3,(H,17,18);1H. The zero-order valence-electron chi connectivity index (χ0n) is 12.4. The molecule has 2 rings (SSSR count). The number of sulfonamides is 1. The lowest BCUT2D eigenvalue weighted by atomic mass is 10.1.